The molecule has 1 fully saturated rings. The largest absolute Gasteiger partial charge is 0.366 e. The first-order valence-electron chi connectivity index (χ1n) is 11.1. The lowest BCUT2D eigenvalue weighted by Gasteiger charge is -2.36. The SMILES string of the molecule is Cc1ccc(S(=O)(=O)N2CCN(c3c(Cl)cccc3NC(=S)NC(=O)c3ccc(Br)cc3)CC2)cc1. The average molecular weight is 608 g/mol. The standard InChI is InChI=1S/C25H24BrClN4O3S2/c1-17-5-11-20(12-6-17)36(33,34)31-15-13-30(14-16-31)23-21(27)3-2-4-22(23)28-25(35)29-24(32)18-7-9-19(26)10-8-18/h2-12H,13-16H2,1H3,(H2,28,29,32,35). The topological polar surface area (TPSA) is 81.8 Å². The van der Waals surface area contributed by atoms with Crippen LogP contribution in [0.3, 0.4) is 0 Å². The van der Waals surface area contributed by atoms with E-state index in [0.717, 1.165) is 10.0 Å². The normalized spacial score (nSPS) is 14.4. The van der Waals surface area contributed by atoms with Crippen molar-refractivity contribution in [2.24, 2.45) is 0 Å². The Morgan fingerprint density at radius 1 is 0.972 bits per heavy atom. The van der Waals surface area contributed by atoms with Crippen molar-refractivity contribution in [2.45, 2.75) is 11.8 Å². The number of hydrogen-bond acceptors (Lipinski definition) is 5. The lowest BCUT2D eigenvalue weighted by molar-refractivity contribution is 0.0977. The molecule has 7 nitrogen and oxygen atoms in total. The van der Waals surface area contributed by atoms with E-state index in [1.54, 1.807) is 60.7 Å². The quantitative estimate of drug-likeness (QED) is 0.395. The van der Waals surface area contributed by atoms with Gasteiger partial charge in [0, 0.05) is 36.2 Å². The van der Waals surface area contributed by atoms with Crippen molar-refractivity contribution >= 4 is 72.2 Å². The molecule has 188 valence electrons. The Morgan fingerprint density at radius 2 is 1.61 bits per heavy atom. The highest BCUT2D eigenvalue weighted by molar-refractivity contribution is 9.10. The number of benzene rings is 3. The van der Waals surface area contributed by atoms with Crippen molar-refractivity contribution in [3.8, 4) is 0 Å². The Balaban J connectivity index is 1.44. The van der Waals surface area contributed by atoms with Gasteiger partial charge in [0.2, 0.25) is 10.0 Å². The number of sulfonamides is 1. The highest BCUT2D eigenvalue weighted by Crippen LogP contribution is 2.35. The van der Waals surface area contributed by atoms with Gasteiger partial charge in [0.25, 0.3) is 5.91 Å². The fraction of sp³-hybridized carbons (Fsp3) is 0.200. The number of amides is 1. The zero-order valence-corrected chi connectivity index (χ0v) is 23.3. The third-order valence-electron chi connectivity index (χ3n) is 5.78. The molecule has 0 spiro atoms. The van der Waals surface area contributed by atoms with E-state index < -0.39 is 10.0 Å². The molecule has 0 atom stereocenters. The van der Waals surface area contributed by atoms with E-state index in [9.17, 15) is 13.2 Å². The van der Waals surface area contributed by atoms with Gasteiger partial charge >= 0.3 is 0 Å². The van der Waals surface area contributed by atoms with Gasteiger partial charge in [0.1, 0.15) is 0 Å². The molecule has 4 rings (SSSR count). The number of nitrogens with one attached hydrogen (secondary N) is 2. The Kier molecular flexibility index (Phi) is 8.31. The molecular formula is C25H24BrClN4O3S2. The fourth-order valence-corrected chi connectivity index (χ4v) is 6.06. The number of hydrogen-bond donors (Lipinski definition) is 2. The Labute approximate surface area is 229 Å². The first-order chi connectivity index (χ1) is 17.1. The van der Waals surface area contributed by atoms with Crippen LogP contribution in [-0.2, 0) is 10.0 Å². The molecule has 0 bridgehead atoms. The summed E-state index contributed by atoms with van der Waals surface area (Å²) >= 11 is 15.3. The zero-order valence-electron chi connectivity index (χ0n) is 19.4. The van der Waals surface area contributed by atoms with Gasteiger partial charge in [-0.1, -0.05) is 51.3 Å². The minimum absolute atomic E-state index is 0.132. The fourth-order valence-electron chi connectivity index (χ4n) is 3.88. The van der Waals surface area contributed by atoms with E-state index in [-0.39, 0.29) is 15.9 Å². The van der Waals surface area contributed by atoms with Crippen LogP contribution in [0.4, 0.5) is 11.4 Å². The lowest BCUT2D eigenvalue weighted by Crippen LogP contribution is -2.49. The molecule has 2 N–H and O–H groups in total. The van der Waals surface area contributed by atoms with Gasteiger partial charge in [-0.25, -0.2) is 8.42 Å². The van der Waals surface area contributed by atoms with Gasteiger partial charge in [0.05, 0.1) is 21.3 Å². The van der Waals surface area contributed by atoms with Crippen molar-refractivity contribution in [1.29, 1.82) is 0 Å². The number of halogens is 2. The number of anilines is 2. The van der Waals surface area contributed by atoms with Crippen molar-refractivity contribution in [3.63, 3.8) is 0 Å². The van der Waals surface area contributed by atoms with Gasteiger partial charge in [-0.3, -0.25) is 10.1 Å². The van der Waals surface area contributed by atoms with Crippen molar-refractivity contribution in [3.05, 3.63) is 87.4 Å². The van der Waals surface area contributed by atoms with Crippen LogP contribution in [0.25, 0.3) is 0 Å². The summed E-state index contributed by atoms with van der Waals surface area (Å²) in [5.41, 5.74) is 2.80. The molecule has 0 unspecified atom stereocenters. The molecule has 0 radical (unpaired) electrons. The summed E-state index contributed by atoms with van der Waals surface area (Å²) in [4.78, 5) is 14.8. The third-order valence-corrected chi connectivity index (χ3v) is 8.73. The summed E-state index contributed by atoms with van der Waals surface area (Å²) < 4.78 is 28.5. The number of aryl methyl sites for hydroxylation is 1. The molecule has 1 aliphatic rings. The number of piperazine rings is 1. The third kappa shape index (κ3) is 6.07. The van der Waals surface area contributed by atoms with Gasteiger partial charge in [-0.05, 0) is 67.7 Å². The van der Waals surface area contributed by atoms with Crippen LogP contribution in [0.1, 0.15) is 15.9 Å². The van der Waals surface area contributed by atoms with Crippen LogP contribution in [0, 0.1) is 6.92 Å². The van der Waals surface area contributed by atoms with Gasteiger partial charge in [-0.15, -0.1) is 0 Å². The van der Waals surface area contributed by atoms with E-state index in [2.05, 4.69) is 26.6 Å². The molecule has 11 heteroatoms. The van der Waals surface area contributed by atoms with Gasteiger partial charge < -0.3 is 10.2 Å². The van der Waals surface area contributed by atoms with Crippen LogP contribution in [0.15, 0.2) is 76.1 Å². The minimum atomic E-state index is -3.58. The number of carbonyl (C=O) groups excluding carboxylic acids is 1. The number of rotatable bonds is 5. The van der Waals surface area contributed by atoms with Crippen LogP contribution >= 0.6 is 39.7 Å². The molecule has 0 aliphatic carbocycles. The second kappa shape index (κ2) is 11.3. The van der Waals surface area contributed by atoms with Crippen molar-refractivity contribution < 1.29 is 13.2 Å². The highest BCUT2D eigenvalue weighted by atomic mass is 79.9. The molecular weight excluding hydrogens is 584 g/mol. The summed E-state index contributed by atoms with van der Waals surface area (Å²) in [7, 11) is -3.58. The van der Waals surface area contributed by atoms with E-state index in [4.69, 9.17) is 23.8 Å². The van der Waals surface area contributed by atoms with E-state index >= 15 is 0 Å². The predicted molar refractivity (Wildman–Crippen MR) is 151 cm³/mol. The minimum Gasteiger partial charge on any atom is -0.366 e. The number of carbonyl (C=O) groups is 1. The molecule has 0 saturated carbocycles. The summed E-state index contributed by atoms with van der Waals surface area (Å²) in [6.07, 6.45) is 0. The first-order valence-corrected chi connectivity index (χ1v) is 14.2. The van der Waals surface area contributed by atoms with Crippen LogP contribution in [0.2, 0.25) is 5.02 Å². The Hall–Kier alpha value is -2.50. The van der Waals surface area contributed by atoms with Gasteiger partial charge in [0.15, 0.2) is 5.11 Å². The molecule has 1 saturated heterocycles. The first kappa shape index (κ1) is 26.6. The van der Waals surface area contributed by atoms with E-state index in [1.165, 1.54) is 4.31 Å². The summed E-state index contributed by atoms with van der Waals surface area (Å²) in [5.74, 6) is -0.335. The predicted octanol–water partition coefficient (Wildman–Crippen LogP) is 5.05. The van der Waals surface area contributed by atoms with Crippen LogP contribution < -0.4 is 15.5 Å². The second-order valence-corrected chi connectivity index (χ2v) is 11.9. The smallest absolute Gasteiger partial charge is 0.257 e. The monoisotopic (exact) mass is 606 g/mol. The maximum atomic E-state index is 13.1. The molecule has 1 amide bonds. The van der Waals surface area contributed by atoms with Crippen LogP contribution in [0.5, 0.6) is 0 Å². The van der Waals surface area contributed by atoms with E-state index in [0.29, 0.717) is 48.1 Å². The maximum absolute atomic E-state index is 13.1. The van der Waals surface area contributed by atoms with Crippen molar-refractivity contribution in [2.75, 3.05) is 36.4 Å². The number of nitrogens with zero attached hydrogens (tertiary/aromatic N) is 2. The lowest BCUT2D eigenvalue weighted by atomic mass is 10.2. The molecule has 36 heavy (non-hydrogen) atoms. The van der Waals surface area contributed by atoms with Crippen molar-refractivity contribution in [1.82, 2.24) is 9.62 Å². The Bertz CT molecular complexity index is 1380. The zero-order chi connectivity index (χ0) is 25.9. The molecule has 1 heterocycles. The molecule has 3 aromatic rings. The molecule has 1 aliphatic heterocycles. The highest BCUT2D eigenvalue weighted by Gasteiger charge is 2.30. The summed E-state index contributed by atoms with van der Waals surface area (Å²) in [5, 5.41) is 6.37. The Morgan fingerprint density at radius 3 is 2.25 bits per heavy atom. The van der Waals surface area contributed by atoms with Crippen LogP contribution in [-0.4, -0.2) is 49.9 Å². The molecule has 3 aromatic carbocycles. The molecule has 0 aromatic heterocycles. The number of para-hydroxylation sites is 1. The second-order valence-electron chi connectivity index (χ2n) is 8.26. The summed E-state index contributed by atoms with van der Waals surface area (Å²) in [6.45, 7) is 3.43. The summed E-state index contributed by atoms with van der Waals surface area (Å²) in [6, 6.07) is 19.2. The van der Waals surface area contributed by atoms with Gasteiger partial charge in [-0.2, -0.15) is 4.31 Å². The van der Waals surface area contributed by atoms with E-state index in [1.807, 2.05) is 17.9 Å². The maximum Gasteiger partial charge on any atom is 0.257 e. The average Bonchev–Trinajstić information content (AvgIpc) is 2.85. The number of thiocarbonyl (C=S) groups is 1.